The minimum Gasteiger partial charge on any atom is -0.480 e. The summed E-state index contributed by atoms with van der Waals surface area (Å²) in [6.45, 7) is 8.18. The summed E-state index contributed by atoms with van der Waals surface area (Å²) < 4.78 is 16.2. The predicted octanol–water partition coefficient (Wildman–Crippen LogP) is 1.63. The van der Waals surface area contributed by atoms with Crippen LogP contribution >= 0.6 is 0 Å². The number of carboxylic acid groups (broad SMARTS) is 1. The Bertz CT molecular complexity index is 250. The number of unbranched alkanes of at least 4 members (excludes halogenated alkanes) is 1. The molecule has 126 valence electrons. The number of likely N-dealkylation sites (N-methyl/N-ethyl adjacent to an activating group) is 1. The SMILES string of the molecule is CCCCOCCOCCOCCN(C)C(CC)C(=O)O. The number of carbonyl (C=O) groups is 1. The first-order chi connectivity index (χ1) is 10.1. The molecule has 1 unspecified atom stereocenters. The van der Waals surface area contributed by atoms with E-state index in [0.29, 0.717) is 46.0 Å². The molecule has 0 aliphatic heterocycles. The highest BCUT2D eigenvalue weighted by molar-refractivity contribution is 5.73. The normalized spacial score (nSPS) is 12.8. The van der Waals surface area contributed by atoms with E-state index >= 15 is 0 Å². The molecular formula is C15H31NO5. The van der Waals surface area contributed by atoms with Crippen LogP contribution in [0.1, 0.15) is 33.1 Å². The standard InChI is InChI=1S/C15H31NO5/c1-4-6-8-19-10-12-21-13-11-20-9-7-16(3)14(5-2)15(17)18/h14H,4-13H2,1-3H3,(H,17,18). The average Bonchev–Trinajstić information content (AvgIpc) is 2.45. The van der Waals surface area contributed by atoms with Crippen LogP contribution in [0.3, 0.4) is 0 Å². The molecule has 0 amide bonds. The van der Waals surface area contributed by atoms with Crippen LogP contribution in [0.5, 0.6) is 0 Å². The van der Waals surface area contributed by atoms with E-state index in [1.807, 2.05) is 6.92 Å². The molecule has 21 heavy (non-hydrogen) atoms. The van der Waals surface area contributed by atoms with Crippen molar-refractivity contribution in [2.45, 2.75) is 39.2 Å². The molecule has 0 heterocycles. The van der Waals surface area contributed by atoms with Gasteiger partial charge in [-0.2, -0.15) is 0 Å². The maximum atomic E-state index is 11.0. The van der Waals surface area contributed by atoms with Crippen LogP contribution in [0.4, 0.5) is 0 Å². The van der Waals surface area contributed by atoms with E-state index in [1.54, 1.807) is 11.9 Å². The highest BCUT2D eigenvalue weighted by atomic mass is 16.5. The van der Waals surface area contributed by atoms with Crippen LogP contribution in [0, 0.1) is 0 Å². The van der Waals surface area contributed by atoms with E-state index in [4.69, 9.17) is 19.3 Å². The largest absolute Gasteiger partial charge is 0.480 e. The van der Waals surface area contributed by atoms with Crippen LogP contribution in [-0.4, -0.2) is 75.3 Å². The van der Waals surface area contributed by atoms with Crippen LogP contribution in [-0.2, 0) is 19.0 Å². The quantitative estimate of drug-likeness (QED) is 0.464. The molecule has 0 rings (SSSR count). The first-order valence-electron chi connectivity index (χ1n) is 7.79. The number of hydrogen-bond donors (Lipinski definition) is 1. The first-order valence-corrected chi connectivity index (χ1v) is 7.79. The van der Waals surface area contributed by atoms with E-state index in [-0.39, 0.29) is 0 Å². The molecule has 0 aliphatic rings. The summed E-state index contributed by atoms with van der Waals surface area (Å²) in [7, 11) is 1.80. The Kier molecular flexibility index (Phi) is 13.8. The van der Waals surface area contributed by atoms with Gasteiger partial charge in [-0.3, -0.25) is 9.69 Å². The predicted molar refractivity (Wildman–Crippen MR) is 81.7 cm³/mol. The molecule has 0 spiro atoms. The van der Waals surface area contributed by atoms with Gasteiger partial charge in [-0.05, 0) is 19.9 Å². The lowest BCUT2D eigenvalue weighted by molar-refractivity contribution is -0.143. The van der Waals surface area contributed by atoms with Crippen molar-refractivity contribution in [3.8, 4) is 0 Å². The number of carboxylic acids is 1. The summed E-state index contributed by atoms with van der Waals surface area (Å²) in [6.07, 6.45) is 2.82. The zero-order valence-corrected chi connectivity index (χ0v) is 13.7. The monoisotopic (exact) mass is 305 g/mol. The summed E-state index contributed by atoms with van der Waals surface area (Å²) in [5, 5.41) is 9.01. The van der Waals surface area contributed by atoms with Crippen LogP contribution in [0.15, 0.2) is 0 Å². The summed E-state index contributed by atoms with van der Waals surface area (Å²) in [4.78, 5) is 12.8. The molecule has 0 aliphatic carbocycles. The topological polar surface area (TPSA) is 68.2 Å². The molecule has 0 fully saturated rings. The van der Waals surface area contributed by atoms with Gasteiger partial charge in [0.1, 0.15) is 6.04 Å². The molecule has 0 aromatic heterocycles. The molecule has 1 atom stereocenters. The molecule has 1 N–H and O–H groups in total. The van der Waals surface area contributed by atoms with Gasteiger partial charge in [-0.1, -0.05) is 20.3 Å². The van der Waals surface area contributed by atoms with Gasteiger partial charge in [0.2, 0.25) is 0 Å². The molecule has 6 heteroatoms. The molecular weight excluding hydrogens is 274 g/mol. The number of ether oxygens (including phenoxy) is 3. The van der Waals surface area contributed by atoms with Gasteiger partial charge in [0.15, 0.2) is 0 Å². The number of nitrogens with zero attached hydrogens (tertiary/aromatic N) is 1. The minimum atomic E-state index is -0.786. The van der Waals surface area contributed by atoms with Gasteiger partial charge in [0.25, 0.3) is 0 Å². The fraction of sp³-hybridized carbons (Fsp3) is 0.933. The van der Waals surface area contributed by atoms with Gasteiger partial charge >= 0.3 is 5.97 Å². The Hall–Kier alpha value is -0.690. The maximum absolute atomic E-state index is 11.0. The van der Waals surface area contributed by atoms with Crippen LogP contribution in [0.2, 0.25) is 0 Å². The van der Waals surface area contributed by atoms with Gasteiger partial charge in [-0.15, -0.1) is 0 Å². The third-order valence-electron chi connectivity index (χ3n) is 3.18. The second-order valence-corrected chi connectivity index (χ2v) is 4.93. The average molecular weight is 305 g/mol. The lowest BCUT2D eigenvalue weighted by Crippen LogP contribution is -2.39. The molecule has 6 nitrogen and oxygen atoms in total. The Labute approximate surface area is 128 Å². The highest BCUT2D eigenvalue weighted by Crippen LogP contribution is 2.01. The van der Waals surface area contributed by atoms with Crippen molar-refractivity contribution in [2.24, 2.45) is 0 Å². The lowest BCUT2D eigenvalue weighted by atomic mass is 10.2. The third-order valence-corrected chi connectivity index (χ3v) is 3.18. The fourth-order valence-corrected chi connectivity index (χ4v) is 1.83. The smallest absolute Gasteiger partial charge is 0.320 e. The summed E-state index contributed by atoms with van der Waals surface area (Å²) >= 11 is 0. The van der Waals surface area contributed by atoms with Crippen molar-refractivity contribution in [3.63, 3.8) is 0 Å². The van der Waals surface area contributed by atoms with Gasteiger partial charge < -0.3 is 19.3 Å². The third kappa shape index (κ3) is 11.6. The van der Waals surface area contributed by atoms with Crippen molar-refractivity contribution in [2.75, 3.05) is 53.2 Å². The Morgan fingerprint density at radius 1 is 1.00 bits per heavy atom. The van der Waals surface area contributed by atoms with Gasteiger partial charge in [0.05, 0.1) is 33.0 Å². The Morgan fingerprint density at radius 3 is 2.00 bits per heavy atom. The summed E-state index contributed by atoms with van der Waals surface area (Å²) in [6, 6.07) is -0.440. The highest BCUT2D eigenvalue weighted by Gasteiger charge is 2.19. The lowest BCUT2D eigenvalue weighted by Gasteiger charge is -2.23. The van der Waals surface area contributed by atoms with Crippen molar-refractivity contribution in [1.82, 2.24) is 4.90 Å². The molecule has 0 aromatic rings. The number of hydrogen-bond acceptors (Lipinski definition) is 5. The number of aliphatic carboxylic acids is 1. The molecule has 0 aromatic carbocycles. The van der Waals surface area contributed by atoms with E-state index in [9.17, 15) is 4.79 Å². The Balaban J connectivity index is 3.34. The first kappa shape index (κ1) is 20.3. The molecule has 0 radical (unpaired) electrons. The zero-order valence-electron chi connectivity index (χ0n) is 13.7. The van der Waals surface area contributed by atoms with Crippen molar-refractivity contribution < 1.29 is 24.1 Å². The maximum Gasteiger partial charge on any atom is 0.320 e. The van der Waals surface area contributed by atoms with Gasteiger partial charge in [0, 0.05) is 13.2 Å². The number of rotatable bonds is 15. The van der Waals surface area contributed by atoms with Gasteiger partial charge in [-0.25, -0.2) is 0 Å². The van der Waals surface area contributed by atoms with E-state index < -0.39 is 12.0 Å². The summed E-state index contributed by atoms with van der Waals surface area (Å²) in [5.74, 6) is -0.786. The zero-order chi connectivity index (χ0) is 15.9. The molecule has 0 saturated carbocycles. The minimum absolute atomic E-state index is 0.440. The molecule has 0 bridgehead atoms. The molecule has 0 saturated heterocycles. The van der Waals surface area contributed by atoms with Crippen molar-refractivity contribution in [1.29, 1.82) is 0 Å². The van der Waals surface area contributed by atoms with E-state index in [0.717, 1.165) is 19.4 Å². The summed E-state index contributed by atoms with van der Waals surface area (Å²) in [5.41, 5.74) is 0. The fourth-order valence-electron chi connectivity index (χ4n) is 1.83. The van der Waals surface area contributed by atoms with E-state index in [2.05, 4.69) is 6.92 Å². The second-order valence-electron chi connectivity index (χ2n) is 4.93. The van der Waals surface area contributed by atoms with Crippen LogP contribution < -0.4 is 0 Å². The van der Waals surface area contributed by atoms with Crippen molar-refractivity contribution in [3.05, 3.63) is 0 Å². The second kappa shape index (κ2) is 14.3. The van der Waals surface area contributed by atoms with E-state index in [1.165, 1.54) is 0 Å². The van der Waals surface area contributed by atoms with Crippen molar-refractivity contribution >= 4 is 5.97 Å². The Morgan fingerprint density at radius 2 is 1.52 bits per heavy atom. The van der Waals surface area contributed by atoms with Crippen LogP contribution in [0.25, 0.3) is 0 Å².